The number of amides is 1. The number of aliphatic hydroxyl groups is 1. The lowest BCUT2D eigenvalue weighted by atomic mass is 9.65. The van der Waals surface area contributed by atoms with Crippen LogP contribution in [0.2, 0.25) is 0 Å². The van der Waals surface area contributed by atoms with E-state index in [1.54, 1.807) is 6.08 Å². The summed E-state index contributed by atoms with van der Waals surface area (Å²) < 4.78 is 12.5. The normalized spacial score (nSPS) is 46.6. The van der Waals surface area contributed by atoms with Crippen LogP contribution in [0, 0.1) is 41.4 Å². The maximum atomic E-state index is 14.2. The standard InChI is InChI=1S/C28H33NO5/c1-3-16-7-11-18-20-12-14(2)4-10-19(20)24-23(18)22(16)25(31)28(27(29)32)26(34-28)21(30)13-15-5-8-17(33-24)9-6-15/h3,5-9,11,14,16,18-24,26,30H,1,4,10,12-13H2,2H3,(H2,29,32)/t14-,16+,18+,19-,20+,21-,22+,23+,24+,26-,28-/m1/s1. The minimum absolute atomic E-state index is 0.112. The lowest BCUT2D eigenvalue weighted by Gasteiger charge is -2.38. The van der Waals surface area contributed by atoms with Gasteiger partial charge in [-0.15, -0.1) is 6.58 Å². The average molecular weight is 464 g/mol. The van der Waals surface area contributed by atoms with Gasteiger partial charge in [0.2, 0.25) is 5.60 Å². The number of carbonyl (C=O) groups excluding carboxylic acids is 2. The fraction of sp³-hybridized carbons (Fsp3) is 0.571. The third-order valence-corrected chi connectivity index (χ3v) is 9.30. The summed E-state index contributed by atoms with van der Waals surface area (Å²) in [5, 5.41) is 10.9. The summed E-state index contributed by atoms with van der Waals surface area (Å²) >= 11 is 0. The first-order valence-corrected chi connectivity index (χ1v) is 12.6. The van der Waals surface area contributed by atoms with Crippen LogP contribution in [0.4, 0.5) is 0 Å². The monoisotopic (exact) mass is 463 g/mol. The predicted octanol–water partition coefficient (Wildman–Crippen LogP) is 2.83. The van der Waals surface area contributed by atoms with Gasteiger partial charge in [-0.2, -0.15) is 0 Å². The molecule has 34 heavy (non-hydrogen) atoms. The molecule has 0 unspecified atom stereocenters. The number of ketones is 1. The zero-order chi connectivity index (χ0) is 23.8. The number of ether oxygens (including phenoxy) is 2. The highest BCUT2D eigenvalue weighted by Crippen LogP contribution is 2.59. The Bertz CT molecular complexity index is 1050. The van der Waals surface area contributed by atoms with Gasteiger partial charge in [0.15, 0.2) is 5.78 Å². The van der Waals surface area contributed by atoms with Crippen molar-refractivity contribution in [1.29, 1.82) is 0 Å². The molecule has 3 heterocycles. The molecule has 2 bridgehead atoms. The SMILES string of the molecule is C=C[C@H]1C=C[C@H]2[C@@H]3C[C@H](C)CC[C@H]3[C@@H]3Oc4ccc(cc4)C[C@@H](O)[C@H]4O[C@]4(C(N)=O)C(=O)[C@@H]1[C@H]23. The number of nitrogens with two attached hydrogens (primary N) is 1. The van der Waals surface area contributed by atoms with Crippen molar-refractivity contribution in [2.24, 2.45) is 47.2 Å². The Hall–Kier alpha value is -2.44. The summed E-state index contributed by atoms with van der Waals surface area (Å²) in [4.78, 5) is 27.0. The van der Waals surface area contributed by atoms with Crippen LogP contribution >= 0.6 is 0 Å². The van der Waals surface area contributed by atoms with E-state index in [9.17, 15) is 14.7 Å². The Labute approximate surface area is 200 Å². The number of rotatable bonds is 2. The summed E-state index contributed by atoms with van der Waals surface area (Å²) in [6.07, 6.45) is 7.61. The van der Waals surface area contributed by atoms with Gasteiger partial charge in [0.05, 0.1) is 6.10 Å². The van der Waals surface area contributed by atoms with Gasteiger partial charge in [-0.1, -0.05) is 43.7 Å². The number of benzene rings is 1. The first-order valence-electron chi connectivity index (χ1n) is 12.6. The summed E-state index contributed by atoms with van der Waals surface area (Å²) in [5.41, 5.74) is 4.90. The molecule has 6 nitrogen and oxygen atoms in total. The first kappa shape index (κ1) is 22.1. The Kier molecular flexibility index (Phi) is 5.05. The van der Waals surface area contributed by atoms with Crippen molar-refractivity contribution in [2.75, 3.05) is 0 Å². The number of allylic oxidation sites excluding steroid dienone is 3. The molecule has 0 aromatic heterocycles. The molecular formula is C28H33NO5. The Morgan fingerprint density at radius 3 is 2.68 bits per heavy atom. The number of aliphatic hydroxyl groups excluding tert-OH is 1. The number of hydrogen-bond acceptors (Lipinski definition) is 5. The van der Waals surface area contributed by atoms with Crippen LogP contribution in [0.3, 0.4) is 0 Å². The van der Waals surface area contributed by atoms with Gasteiger partial charge in [-0.3, -0.25) is 9.59 Å². The van der Waals surface area contributed by atoms with Crippen molar-refractivity contribution in [3.05, 3.63) is 54.6 Å². The molecule has 3 aliphatic carbocycles. The van der Waals surface area contributed by atoms with E-state index in [4.69, 9.17) is 15.2 Å². The average Bonchev–Trinajstić information content (AvgIpc) is 3.53. The lowest BCUT2D eigenvalue weighted by Crippen LogP contribution is -2.52. The van der Waals surface area contributed by atoms with E-state index in [1.165, 1.54) is 0 Å². The molecule has 1 aromatic carbocycles. The van der Waals surface area contributed by atoms with E-state index in [-0.39, 0.29) is 36.1 Å². The highest BCUT2D eigenvalue weighted by molar-refractivity contribution is 6.13. The Morgan fingerprint density at radius 2 is 1.97 bits per heavy atom. The van der Waals surface area contributed by atoms with Gasteiger partial charge < -0.3 is 20.3 Å². The lowest BCUT2D eigenvalue weighted by molar-refractivity contribution is -0.140. The van der Waals surface area contributed by atoms with E-state index < -0.39 is 29.6 Å². The molecule has 1 saturated heterocycles. The third kappa shape index (κ3) is 3.07. The summed E-state index contributed by atoms with van der Waals surface area (Å²) in [7, 11) is 0. The van der Waals surface area contributed by atoms with E-state index in [2.05, 4.69) is 25.7 Å². The molecule has 6 heteroatoms. The van der Waals surface area contributed by atoms with Gasteiger partial charge in [0, 0.05) is 24.2 Å². The maximum Gasteiger partial charge on any atom is 0.260 e. The van der Waals surface area contributed by atoms with Crippen LogP contribution in [0.15, 0.2) is 49.1 Å². The Morgan fingerprint density at radius 1 is 1.21 bits per heavy atom. The van der Waals surface area contributed by atoms with Gasteiger partial charge in [0.25, 0.3) is 5.91 Å². The molecule has 3 aliphatic heterocycles. The van der Waals surface area contributed by atoms with E-state index >= 15 is 0 Å². The second-order valence-electron chi connectivity index (χ2n) is 11.1. The van der Waals surface area contributed by atoms with Crippen LogP contribution in [-0.2, 0) is 20.7 Å². The summed E-state index contributed by atoms with van der Waals surface area (Å²) in [6.45, 7) is 6.31. The molecule has 6 aliphatic rings. The van der Waals surface area contributed by atoms with E-state index in [1.807, 2.05) is 24.3 Å². The van der Waals surface area contributed by atoms with Crippen molar-refractivity contribution in [3.63, 3.8) is 0 Å². The van der Waals surface area contributed by atoms with Gasteiger partial charge >= 0.3 is 0 Å². The molecule has 1 amide bonds. The highest BCUT2D eigenvalue weighted by Gasteiger charge is 2.72. The first-order chi connectivity index (χ1) is 16.3. The van der Waals surface area contributed by atoms with Crippen LogP contribution in [0.25, 0.3) is 0 Å². The number of epoxide rings is 1. The summed E-state index contributed by atoms with van der Waals surface area (Å²) in [5.74, 6) is 0.317. The Balaban J connectivity index is 1.51. The second kappa shape index (κ2) is 7.79. The van der Waals surface area contributed by atoms with E-state index in [0.29, 0.717) is 17.8 Å². The van der Waals surface area contributed by atoms with Crippen LogP contribution in [0.1, 0.15) is 31.7 Å². The van der Waals surface area contributed by atoms with Crippen molar-refractivity contribution in [3.8, 4) is 5.75 Å². The van der Waals surface area contributed by atoms with Crippen molar-refractivity contribution in [2.45, 2.75) is 56.5 Å². The molecule has 3 N–H and O–H groups in total. The van der Waals surface area contributed by atoms with E-state index in [0.717, 1.165) is 30.6 Å². The zero-order valence-corrected chi connectivity index (χ0v) is 19.5. The van der Waals surface area contributed by atoms with Gasteiger partial charge in [0.1, 0.15) is 18.0 Å². The molecule has 180 valence electrons. The minimum Gasteiger partial charge on any atom is -0.490 e. The quantitative estimate of drug-likeness (QED) is 0.399. The second-order valence-corrected chi connectivity index (χ2v) is 11.1. The maximum absolute atomic E-state index is 14.2. The molecule has 3 fully saturated rings. The largest absolute Gasteiger partial charge is 0.490 e. The van der Waals surface area contributed by atoms with Gasteiger partial charge in [-0.05, 0) is 54.2 Å². The number of hydrogen-bond donors (Lipinski definition) is 2. The van der Waals surface area contributed by atoms with Crippen molar-refractivity contribution < 1.29 is 24.2 Å². The van der Waals surface area contributed by atoms with Crippen LogP contribution < -0.4 is 10.5 Å². The van der Waals surface area contributed by atoms with Crippen LogP contribution in [0.5, 0.6) is 5.75 Å². The molecule has 7 rings (SSSR count). The smallest absolute Gasteiger partial charge is 0.260 e. The molecule has 0 radical (unpaired) electrons. The number of primary amides is 1. The number of Topliss-reactive ketones (excluding diaryl/α,β-unsaturated/α-hetero) is 1. The molecular weight excluding hydrogens is 430 g/mol. The molecule has 0 spiro atoms. The zero-order valence-electron chi connectivity index (χ0n) is 19.5. The highest BCUT2D eigenvalue weighted by atomic mass is 16.6. The molecule has 1 aromatic rings. The minimum atomic E-state index is -1.79. The topological polar surface area (TPSA) is 102 Å². The fourth-order valence-corrected chi connectivity index (χ4v) is 7.67. The summed E-state index contributed by atoms with van der Waals surface area (Å²) in [6, 6.07) is 7.76. The van der Waals surface area contributed by atoms with Crippen molar-refractivity contribution in [1.82, 2.24) is 0 Å². The molecule has 11 atom stereocenters. The third-order valence-electron chi connectivity index (χ3n) is 9.30. The fourth-order valence-electron chi connectivity index (χ4n) is 7.67. The van der Waals surface area contributed by atoms with Gasteiger partial charge in [-0.25, -0.2) is 0 Å². The molecule has 2 saturated carbocycles. The predicted molar refractivity (Wildman–Crippen MR) is 126 cm³/mol. The number of carbonyl (C=O) groups is 2. The van der Waals surface area contributed by atoms with Crippen molar-refractivity contribution >= 4 is 11.7 Å². The number of fused-ring (bicyclic) bond motifs is 5. The van der Waals surface area contributed by atoms with Crippen LogP contribution in [-0.4, -0.2) is 40.7 Å².